The van der Waals surface area contributed by atoms with E-state index >= 15 is 0 Å². The van der Waals surface area contributed by atoms with Gasteiger partial charge in [0.15, 0.2) is 11.5 Å². The van der Waals surface area contributed by atoms with Crippen LogP contribution >= 0.6 is 0 Å². The number of rotatable bonds is 4. The van der Waals surface area contributed by atoms with Gasteiger partial charge in [0, 0.05) is 12.0 Å². The van der Waals surface area contributed by atoms with Crippen LogP contribution in [0.4, 0.5) is 0 Å². The van der Waals surface area contributed by atoms with Gasteiger partial charge in [0.1, 0.15) is 5.54 Å². The number of aliphatic carboxylic acids is 1. The molecule has 118 valence electrons. The molecule has 1 atom stereocenters. The maximum atomic E-state index is 12.4. The molecule has 1 aliphatic carbocycles. The highest BCUT2D eigenvalue weighted by molar-refractivity contribution is 5.98. The van der Waals surface area contributed by atoms with E-state index in [-0.39, 0.29) is 5.92 Å². The topological polar surface area (TPSA) is 84.9 Å². The molecule has 6 heteroatoms. The van der Waals surface area contributed by atoms with Crippen LogP contribution in [0.25, 0.3) is 0 Å². The number of carbonyl (C=O) groups excluding carboxylic acids is 1. The van der Waals surface area contributed by atoms with Gasteiger partial charge < -0.3 is 19.9 Å². The van der Waals surface area contributed by atoms with E-state index in [1.807, 2.05) is 0 Å². The van der Waals surface area contributed by atoms with Gasteiger partial charge in [-0.25, -0.2) is 4.79 Å². The zero-order valence-corrected chi connectivity index (χ0v) is 12.4. The van der Waals surface area contributed by atoms with Crippen molar-refractivity contribution >= 4 is 11.9 Å². The summed E-state index contributed by atoms with van der Waals surface area (Å²) in [4.78, 5) is 23.9. The van der Waals surface area contributed by atoms with Gasteiger partial charge in [-0.05, 0) is 43.9 Å². The smallest absolute Gasteiger partial charge is 0.329 e. The van der Waals surface area contributed by atoms with Gasteiger partial charge in [-0.2, -0.15) is 0 Å². The van der Waals surface area contributed by atoms with Crippen LogP contribution in [0.3, 0.4) is 0 Å². The lowest BCUT2D eigenvalue weighted by atomic mass is 9.95. The van der Waals surface area contributed by atoms with E-state index in [1.54, 1.807) is 25.1 Å². The van der Waals surface area contributed by atoms with Gasteiger partial charge in [-0.3, -0.25) is 4.79 Å². The number of fused-ring (bicyclic) bond motifs is 1. The van der Waals surface area contributed by atoms with Crippen molar-refractivity contribution < 1.29 is 24.2 Å². The van der Waals surface area contributed by atoms with Crippen molar-refractivity contribution in [2.75, 3.05) is 13.2 Å². The molecule has 1 unspecified atom stereocenters. The zero-order valence-electron chi connectivity index (χ0n) is 12.4. The van der Waals surface area contributed by atoms with E-state index in [4.69, 9.17) is 9.47 Å². The third-order valence-corrected chi connectivity index (χ3v) is 4.22. The first-order chi connectivity index (χ1) is 10.5. The Hall–Kier alpha value is -2.24. The van der Waals surface area contributed by atoms with Gasteiger partial charge in [-0.1, -0.05) is 0 Å². The summed E-state index contributed by atoms with van der Waals surface area (Å²) < 4.78 is 11.1. The molecule has 0 spiro atoms. The van der Waals surface area contributed by atoms with Crippen LogP contribution < -0.4 is 14.8 Å². The van der Waals surface area contributed by atoms with Crippen molar-refractivity contribution in [3.63, 3.8) is 0 Å². The quantitative estimate of drug-likeness (QED) is 0.886. The summed E-state index contributed by atoms with van der Waals surface area (Å²) in [5.74, 6) is -0.287. The fraction of sp³-hybridized carbons (Fsp3) is 0.500. The molecule has 1 aliphatic heterocycles. The third-order valence-electron chi connectivity index (χ3n) is 4.22. The SMILES string of the molecule is CC(NC(=O)c1ccc2c(c1)OCCCO2)(C(=O)O)C1CC1. The number of amides is 1. The molecule has 1 aromatic rings. The van der Waals surface area contributed by atoms with Crippen LogP contribution in [0.5, 0.6) is 11.5 Å². The van der Waals surface area contributed by atoms with Gasteiger partial charge in [0.05, 0.1) is 13.2 Å². The minimum Gasteiger partial charge on any atom is -0.490 e. The Balaban J connectivity index is 1.80. The molecule has 2 N–H and O–H groups in total. The first kappa shape index (κ1) is 14.7. The number of ether oxygens (including phenoxy) is 2. The third kappa shape index (κ3) is 2.73. The summed E-state index contributed by atoms with van der Waals surface area (Å²) in [5.41, 5.74) is -0.848. The number of carbonyl (C=O) groups is 2. The second kappa shape index (κ2) is 5.51. The van der Waals surface area contributed by atoms with E-state index in [9.17, 15) is 14.7 Å². The van der Waals surface area contributed by atoms with Crippen LogP contribution in [0.2, 0.25) is 0 Å². The van der Waals surface area contributed by atoms with E-state index in [2.05, 4.69) is 5.32 Å². The van der Waals surface area contributed by atoms with Crippen molar-refractivity contribution in [3.8, 4) is 11.5 Å². The summed E-state index contributed by atoms with van der Waals surface area (Å²) in [6.45, 7) is 2.68. The van der Waals surface area contributed by atoms with Gasteiger partial charge in [0.25, 0.3) is 5.91 Å². The molecule has 0 saturated heterocycles. The number of benzene rings is 1. The lowest BCUT2D eigenvalue weighted by Crippen LogP contribution is -2.54. The highest BCUT2D eigenvalue weighted by Crippen LogP contribution is 2.40. The Bertz CT molecular complexity index is 611. The molecule has 1 fully saturated rings. The first-order valence-corrected chi connectivity index (χ1v) is 7.46. The van der Waals surface area contributed by atoms with Crippen LogP contribution in [-0.2, 0) is 4.79 Å². The minimum absolute atomic E-state index is 0.00522. The van der Waals surface area contributed by atoms with Crippen molar-refractivity contribution in [1.29, 1.82) is 0 Å². The molecule has 0 radical (unpaired) electrons. The van der Waals surface area contributed by atoms with Crippen molar-refractivity contribution in [2.24, 2.45) is 5.92 Å². The molecule has 22 heavy (non-hydrogen) atoms. The van der Waals surface area contributed by atoms with E-state index in [0.717, 1.165) is 19.3 Å². The summed E-state index contributed by atoms with van der Waals surface area (Å²) in [6, 6.07) is 4.91. The molecule has 1 saturated carbocycles. The predicted molar refractivity (Wildman–Crippen MR) is 78.3 cm³/mol. The number of hydrogen-bond acceptors (Lipinski definition) is 4. The molecule has 6 nitrogen and oxygen atoms in total. The van der Waals surface area contributed by atoms with E-state index < -0.39 is 17.4 Å². The lowest BCUT2D eigenvalue weighted by Gasteiger charge is -2.26. The fourth-order valence-corrected chi connectivity index (χ4v) is 2.60. The lowest BCUT2D eigenvalue weighted by molar-refractivity contribution is -0.144. The van der Waals surface area contributed by atoms with Gasteiger partial charge in [0.2, 0.25) is 0 Å². The predicted octanol–water partition coefficient (Wildman–Crippen LogP) is 1.83. The highest BCUT2D eigenvalue weighted by Gasteiger charge is 2.48. The Kier molecular flexibility index (Phi) is 3.68. The second-order valence-electron chi connectivity index (χ2n) is 5.95. The number of nitrogens with one attached hydrogen (secondary N) is 1. The normalized spacial score (nSPS) is 19.7. The largest absolute Gasteiger partial charge is 0.490 e. The van der Waals surface area contributed by atoms with E-state index in [0.29, 0.717) is 30.3 Å². The fourth-order valence-electron chi connectivity index (χ4n) is 2.60. The van der Waals surface area contributed by atoms with Crippen LogP contribution in [0.15, 0.2) is 18.2 Å². The molecule has 1 amide bonds. The molecule has 2 aliphatic rings. The summed E-state index contributed by atoms with van der Waals surface area (Å²) in [7, 11) is 0. The van der Waals surface area contributed by atoms with Crippen molar-refractivity contribution in [1.82, 2.24) is 5.32 Å². The average Bonchev–Trinajstić information content (AvgIpc) is 3.33. The molecular weight excluding hydrogens is 286 g/mol. The summed E-state index contributed by atoms with van der Waals surface area (Å²) in [6.07, 6.45) is 2.43. The summed E-state index contributed by atoms with van der Waals surface area (Å²) in [5, 5.41) is 12.1. The van der Waals surface area contributed by atoms with Crippen LogP contribution in [0, 0.1) is 5.92 Å². The number of carboxylic acids is 1. The second-order valence-corrected chi connectivity index (χ2v) is 5.95. The molecular formula is C16H19NO5. The Labute approximate surface area is 128 Å². The summed E-state index contributed by atoms with van der Waals surface area (Å²) >= 11 is 0. The minimum atomic E-state index is -1.22. The van der Waals surface area contributed by atoms with Gasteiger partial charge >= 0.3 is 5.97 Å². The molecule has 0 bridgehead atoms. The van der Waals surface area contributed by atoms with Crippen LogP contribution in [-0.4, -0.2) is 35.7 Å². The highest BCUT2D eigenvalue weighted by atomic mass is 16.5. The Morgan fingerprint density at radius 1 is 1.23 bits per heavy atom. The van der Waals surface area contributed by atoms with Gasteiger partial charge in [-0.15, -0.1) is 0 Å². The zero-order chi connectivity index (χ0) is 15.7. The molecule has 1 heterocycles. The first-order valence-electron chi connectivity index (χ1n) is 7.46. The molecule has 1 aromatic carbocycles. The Morgan fingerprint density at radius 2 is 1.91 bits per heavy atom. The maximum absolute atomic E-state index is 12.4. The number of hydrogen-bond donors (Lipinski definition) is 2. The average molecular weight is 305 g/mol. The van der Waals surface area contributed by atoms with Crippen LogP contribution in [0.1, 0.15) is 36.5 Å². The number of carboxylic acid groups (broad SMARTS) is 1. The van der Waals surface area contributed by atoms with E-state index in [1.165, 1.54) is 0 Å². The Morgan fingerprint density at radius 3 is 2.55 bits per heavy atom. The van der Waals surface area contributed by atoms with Crippen molar-refractivity contribution in [2.45, 2.75) is 31.7 Å². The maximum Gasteiger partial charge on any atom is 0.329 e. The molecule has 3 rings (SSSR count). The molecule has 0 aromatic heterocycles. The standard InChI is InChI=1S/C16H19NO5/c1-16(15(19)20,11-4-5-11)17-14(18)10-3-6-12-13(9-10)22-8-2-7-21-12/h3,6,9,11H,2,4-5,7-8H2,1H3,(H,17,18)(H,19,20). The van der Waals surface area contributed by atoms with Crippen molar-refractivity contribution in [3.05, 3.63) is 23.8 Å². The monoisotopic (exact) mass is 305 g/mol.